The van der Waals surface area contributed by atoms with Crippen LogP contribution in [0.5, 0.6) is 0 Å². The molecule has 15 heavy (non-hydrogen) atoms. The van der Waals surface area contributed by atoms with Crippen LogP contribution in [0.15, 0.2) is 12.3 Å². The molecule has 0 spiro atoms. The molecule has 84 valence electrons. The van der Waals surface area contributed by atoms with Crippen LogP contribution in [0.3, 0.4) is 0 Å². The van der Waals surface area contributed by atoms with Gasteiger partial charge in [-0.1, -0.05) is 11.6 Å². The summed E-state index contributed by atoms with van der Waals surface area (Å²) in [6, 6.07) is 0.618. The Morgan fingerprint density at radius 3 is 2.53 bits per heavy atom. The average molecular weight is 243 g/mol. The van der Waals surface area contributed by atoms with E-state index < -0.39 is 24.5 Å². The molecule has 0 radical (unpaired) electrons. The Morgan fingerprint density at radius 1 is 1.47 bits per heavy atom. The summed E-state index contributed by atoms with van der Waals surface area (Å²) in [6.07, 6.45) is -5.76. The van der Waals surface area contributed by atoms with Crippen LogP contribution in [0.4, 0.5) is 17.6 Å². The van der Waals surface area contributed by atoms with Crippen molar-refractivity contribution in [3.05, 3.63) is 28.5 Å². The van der Waals surface area contributed by atoms with Gasteiger partial charge in [0.15, 0.2) is 0 Å². The second kappa shape index (κ2) is 4.32. The molecule has 0 aliphatic carbocycles. The molecule has 1 unspecified atom stereocenters. The Balaban J connectivity index is 3.17. The smallest absolute Gasteiger partial charge is 0.327 e. The SMILES string of the molecule is NCC(F)c1cc(C(F)(F)F)cnc1Cl. The van der Waals surface area contributed by atoms with Gasteiger partial charge in [-0.15, -0.1) is 0 Å². The third-order valence-corrected chi connectivity index (χ3v) is 2.05. The lowest BCUT2D eigenvalue weighted by Crippen LogP contribution is -2.12. The second-order valence-corrected chi connectivity index (χ2v) is 3.16. The van der Waals surface area contributed by atoms with Crippen molar-refractivity contribution in [1.29, 1.82) is 0 Å². The molecule has 2 nitrogen and oxygen atoms in total. The van der Waals surface area contributed by atoms with Gasteiger partial charge < -0.3 is 5.73 Å². The molecule has 0 amide bonds. The summed E-state index contributed by atoms with van der Waals surface area (Å²) in [6.45, 7) is -0.442. The van der Waals surface area contributed by atoms with Crippen molar-refractivity contribution in [2.24, 2.45) is 5.73 Å². The normalized spacial score (nSPS) is 14.0. The number of nitrogens with two attached hydrogens (primary N) is 1. The first-order valence-corrected chi connectivity index (χ1v) is 4.31. The zero-order valence-electron chi connectivity index (χ0n) is 7.35. The molecular weight excluding hydrogens is 236 g/mol. The van der Waals surface area contributed by atoms with Gasteiger partial charge in [0.1, 0.15) is 11.3 Å². The van der Waals surface area contributed by atoms with Gasteiger partial charge in [0.2, 0.25) is 0 Å². The zero-order chi connectivity index (χ0) is 11.6. The molecule has 1 rings (SSSR count). The van der Waals surface area contributed by atoms with E-state index in [9.17, 15) is 17.6 Å². The van der Waals surface area contributed by atoms with Crippen LogP contribution in [0.2, 0.25) is 5.15 Å². The van der Waals surface area contributed by atoms with Gasteiger partial charge in [-0.05, 0) is 6.07 Å². The highest BCUT2D eigenvalue weighted by Crippen LogP contribution is 2.33. The van der Waals surface area contributed by atoms with Gasteiger partial charge in [0.25, 0.3) is 0 Å². The Hall–Kier alpha value is -0.880. The van der Waals surface area contributed by atoms with E-state index in [0.717, 1.165) is 0 Å². The number of halogens is 5. The van der Waals surface area contributed by atoms with Crippen LogP contribution in [0.25, 0.3) is 0 Å². The third kappa shape index (κ3) is 2.79. The van der Waals surface area contributed by atoms with Crippen molar-refractivity contribution in [1.82, 2.24) is 4.98 Å². The van der Waals surface area contributed by atoms with Gasteiger partial charge in [-0.3, -0.25) is 0 Å². The van der Waals surface area contributed by atoms with Crippen LogP contribution in [-0.4, -0.2) is 11.5 Å². The third-order valence-electron chi connectivity index (χ3n) is 1.74. The summed E-state index contributed by atoms with van der Waals surface area (Å²) in [5, 5.41) is -0.305. The van der Waals surface area contributed by atoms with E-state index in [0.29, 0.717) is 12.3 Å². The number of pyridine rings is 1. The fourth-order valence-electron chi connectivity index (χ4n) is 0.967. The van der Waals surface area contributed by atoms with Gasteiger partial charge >= 0.3 is 6.18 Å². The molecular formula is C8H7ClF4N2. The lowest BCUT2D eigenvalue weighted by molar-refractivity contribution is -0.137. The predicted molar refractivity (Wildman–Crippen MR) is 47.2 cm³/mol. The van der Waals surface area contributed by atoms with E-state index in [1.54, 1.807) is 0 Å². The van der Waals surface area contributed by atoms with E-state index in [1.165, 1.54) is 0 Å². The summed E-state index contributed by atoms with van der Waals surface area (Å²) in [5.41, 5.74) is 3.61. The fraction of sp³-hybridized carbons (Fsp3) is 0.375. The van der Waals surface area contributed by atoms with E-state index in [4.69, 9.17) is 17.3 Å². The van der Waals surface area contributed by atoms with Crippen molar-refractivity contribution in [2.75, 3.05) is 6.54 Å². The summed E-state index contributed by atoms with van der Waals surface area (Å²) in [4.78, 5) is 3.26. The van der Waals surface area contributed by atoms with Crippen LogP contribution in [-0.2, 0) is 6.18 Å². The van der Waals surface area contributed by atoms with Gasteiger partial charge in [0.05, 0.1) is 5.56 Å². The van der Waals surface area contributed by atoms with Gasteiger partial charge in [0, 0.05) is 18.3 Å². The first-order valence-electron chi connectivity index (χ1n) is 3.93. The average Bonchev–Trinajstić information content (AvgIpc) is 2.15. The first-order chi connectivity index (χ1) is 6.86. The number of alkyl halides is 4. The molecule has 1 atom stereocenters. The lowest BCUT2D eigenvalue weighted by atomic mass is 10.1. The Kier molecular flexibility index (Phi) is 3.51. The minimum atomic E-state index is -4.57. The highest BCUT2D eigenvalue weighted by atomic mass is 35.5. The summed E-state index contributed by atoms with van der Waals surface area (Å²) < 4.78 is 49.8. The molecule has 0 aliphatic rings. The van der Waals surface area contributed by atoms with Gasteiger partial charge in [-0.25, -0.2) is 9.37 Å². The molecule has 1 aromatic heterocycles. The zero-order valence-corrected chi connectivity index (χ0v) is 8.11. The van der Waals surface area contributed by atoms with Crippen LogP contribution >= 0.6 is 11.6 Å². The predicted octanol–water partition coefficient (Wildman–Crippen LogP) is 2.72. The molecule has 2 N–H and O–H groups in total. The highest BCUT2D eigenvalue weighted by Gasteiger charge is 2.32. The second-order valence-electron chi connectivity index (χ2n) is 2.81. The number of aromatic nitrogens is 1. The Bertz CT molecular complexity index is 353. The quantitative estimate of drug-likeness (QED) is 0.640. The molecule has 1 aromatic rings. The molecule has 7 heteroatoms. The molecule has 0 aromatic carbocycles. The van der Waals surface area contributed by atoms with E-state index >= 15 is 0 Å². The number of nitrogens with zero attached hydrogens (tertiary/aromatic N) is 1. The summed E-state index contributed by atoms with van der Waals surface area (Å²) in [5.74, 6) is 0. The summed E-state index contributed by atoms with van der Waals surface area (Å²) >= 11 is 5.45. The van der Waals surface area contributed by atoms with Crippen LogP contribution < -0.4 is 5.73 Å². The van der Waals surface area contributed by atoms with E-state index in [1.807, 2.05) is 0 Å². The molecule has 1 heterocycles. The van der Waals surface area contributed by atoms with Crippen LogP contribution in [0.1, 0.15) is 17.3 Å². The van der Waals surface area contributed by atoms with Crippen LogP contribution in [0, 0.1) is 0 Å². The van der Waals surface area contributed by atoms with Crippen molar-refractivity contribution in [2.45, 2.75) is 12.3 Å². The fourth-order valence-corrected chi connectivity index (χ4v) is 1.19. The minimum Gasteiger partial charge on any atom is -0.327 e. The summed E-state index contributed by atoms with van der Waals surface area (Å²) in [7, 11) is 0. The molecule has 0 fully saturated rings. The van der Waals surface area contributed by atoms with Crippen molar-refractivity contribution in [3.8, 4) is 0 Å². The van der Waals surface area contributed by atoms with E-state index in [-0.39, 0.29) is 10.7 Å². The Labute approximate surface area is 88.1 Å². The number of hydrogen-bond donors (Lipinski definition) is 1. The lowest BCUT2D eigenvalue weighted by Gasteiger charge is -2.11. The topological polar surface area (TPSA) is 38.9 Å². The molecule has 0 saturated heterocycles. The first kappa shape index (κ1) is 12.2. The maximum atomic E-state index is 13.1. The molecule has 0 saturated carbocycles. The van der Waals surface area contributed by atoms with Crippen molar-refractivity contribution >= 4 is 11.6 Å². The minimum absolute atomic E-state index is 0.305. The number of rotatable bonds is 2. The maximum Gasteiger partial charge on any atom is 0.417 e. The van der Waals surface area contributed by atoms with Gasteiger partial charge in [-0.2, -0.15) is 13.2 Å². The molecule has 0 bridgehead atoms. The van der Waals surface area contributed by atoms with Crippen molar-refractivity contribution in [3.63, 3.8) is 0 Å². The Morgan fingerprint density at radius 2 is 2.07 bits per heavy atom. The maximum absolute atomic E-state index is 13.1. The van der Waals surface area contributed by atoms with Crippen molar-refractivity contribution < 1.29 is 17.6 Å². The standard InChI is InChI=1S/C8H7ClF4N2/c9-7-5(6(10)2-14)1-4(3-15-7)8(11,12)13/h1,3,6H,2,14H2. The number of hydrogen-bond acceptors (Lipinski definition) is 2. The monoisotopic (exact) mass is 242 g/mol. The van der Waals surface area contributed by atoms with E-state index in [2.05, 4.69) is 4.98 Å². The highest BCUT2D eigenvalue weighted by molar-refractivity contribution is 6.30. The largest absolute Gasteiger partial charge is 0.417 e. The molecule has 0 aliphatic heterocycles.